The minimum Gasteiger partial charge on any atom is -0.480 e. The van der Waals surface area contributed by atoms with Crippen LogP contribution in [0.2, 0.25) is 0 Å². The molecule has 0 amide bonds. The molecule has 6 nitrogen and oxygen atoms in total. The second kappa shape index (κ2) is 6.32. The van der Waals surface area contributed by atoms with Crippen LogP contribution in [0.5, 0.6) is 0 Å². The molecule has 1 aliphatic heterocycles. The summed E-state index contributed by atoms with van der Waals surface area (Å²) in [6.07, 6.45) is 3.64. The van der Waals surface area contributed by atoms with E-state index in [0.29, 0.717) is 25.9 Å². The van der Waals surface area contributed by atoms with Crippen molar-refractivity contribution in [3.8, 4) is 0 Å². The van der Waals surface area contributed by atoms with E-state index in [9.17, 15) is 13.2 Å². The predicted octanol–water partition coefficient (Wildman–Crippen LogP) is 0.560. The Morgan fingerprint density at radius 2 is 1.94 bits per heavy atom. The van der Waals surface area contributed by atoms with Crippen LogP contribution in [0.15, 0.2) is 0 Å². The number of nitrogens with zero attached hydrogens (tertiary/aromatic N) is 1. The largest absolute Gasteiger partial charge is 0.480 e. The highest BCUT2D eigenvalue weighted by Gasteiger charge is 2.29. The SMILES string of the molecule is CCCC(NS(=O)(=O)N1CCCCC1)C(=O)O. The summed E-state index contributed by atoms with van der Waals surface area (Å²) in [5, 5.41) is 8.92. The Balaban J connectivity index is 2.65. The maximum absolute atomic E-state index is 11.9. The normalized spacial score (nSPS) is 20.1. The number of nitrogens with one attached hydrogen (secondary N) is 1. The lowest BCUT2D eigenvalue weighted by molar-refractivity contribution is -0.139. The number of rotatable bonds is 6. The molecule has 7 heteroatoms. The van der Waals surface area contributed by atoms with Crippen molar-refractivity contribution in [2.75, 3.05) is 13.1 Å². The first-order valence-electron chi connectivity index (χ1n) is 5.97. The standard InChI is InChI=1S/C10H20N2O4S/c1-2-6-9(10(13)14)11-17(15,16)12-7-4-3-5-8-12/h9,11H,2-8H2,1H3,(H,13,14). The van der Waals surface area contributed by atoms with Crippen molar-refractivity contribution in [3.63, 3.8) is 0 Å². The summed E-state index contributed by atoms with van der Waals surface area (Å²) >= 11 is 0. The van der Waals surface area contributed by atoms with Gasteiger partial charge in [-0.2, -0.15) is 17.4 Å². The second-order valence-corrected chi connectivity index (χ2v) is 5.96. The quantitative estimate of drug-likeness (QED) is 0.734. The number of carbonyl (C=O) groups is 1. The number of hydrogen-bond donors (Lipinski definition) is 2. The Morgan fingerprint density at radius 3 is 2.41 bits per heavy atom. The maximum Gasteiger partial charge on any atom is 0.321 e. The number of aliphatic carboxylic acids is 1. The molecule has 1 fully saturated rings. The lowest BCUT2D eigenvalue weighted by atomic mass is 10.2. The highest BCUT2D eigenvalue weighted by atomic mass is 32.2. The molecule has 1 saturated heterocycles. The summed E-state index contributed by atoms with van der Waals surface area (Å²) in [4.78, 5) is 10.9. The number of piperidine rings is 1. The van der Waals surface area contributed by atoms with Gasteiger partial charge in [0, 0.05) is 13.1 Å². The van der Waals surface area contributed by atoms with Crippen LogP contribution in [-0.2, 0) is 15.0 Å². The fourth-order valence-corrected chi connectivity index (χ4v) is 3.35. The van der Waals surface area contributed by atoms with E-state index >= 15 is 0 Å². The van der Waals surface area contributed by atoms with Crippen molar-refractivity contribution in [2.24, 2.45) is 0 Å². The minimum absolute atomic E-state index is 0.308. The van der Waals surface area contributed by atoms with E-state index in [0.717, 1.165) is 19.3 Å². The molecule has 100 valence electrons. The molecule has 0 bridgehead atoms. The summed E-state index contributed by atoms with van der Waals surface area (Å²) < 4.78 is 27.5. The average molecular weight is 264 g/mol. The molecule has 0 aromatic rings. The fraction of sp³-hybridized carbons (Fsp3) is 0.900. The van der Waals surface area contributed by atoms with Gasteiger partial charge in [0.25, 0.3) is 10.2 Å². The highest BCUT2D eigenvalue weighted by Crippen LogP contribution is 2.13. The molecule has 1 heterocycles. The lowest BCUT2D eigenvalue weighted by Gasteiger charge is -2.27. The van der Waals surface area contributed by atoms with Gasteiger partial charge in [-0.3, -0.25) is 4.79 Å². The van der Waals surface area contributed by atoms with Gasteiger partial charge in [-0.25, -0.2) is 0 Å². The third-order valence-electron chi connectivity index (χ3n) is 2.82. The molecule has 0 aliphatic carbocycles. The predicted molar refractivity (Wildman–Crippen MR) is 63.8 cm³/mol. The summed E-state index contributed by atoms with van der Waals surface area (Å²) in [7, 11) is -3.65. The van der Waals surface area contributed by atoms with Crippen LogP contribution in [0.4, 0.5) is 0 Å². The van der Waals surface area contributed by atoms with Crippen molar-refractivity contribution in [2.45, 2.75) is 45.1 Å². The van der Waals surface area contributed by atoms with Gasteiger partial charge >= 0.3 is 5.97 Å². The third kappa shape index (κ3) is 4.25. The molecule has 0 spiro atoms. The summed E-state index contributed by atoms with van der Waals surface area (Å²) in [5.41, 5.74) is 0. The Kier molecular flexibility index (Phi) is 5.35. The van der Waals surface area contributed by atoms with Gasteiger partial charge in [-0.15, -0.1) is 0 Å². The van der Waals surface area contributed by atoms with E-state index < -0.39 is 22.2 Å². The minimum atomic E-state index is -3.65. The third-order valence-corrected chi connectivity index (χ3v) is 4.45. The van der Waals surface area contributed by atoms with Gasteiger partial charge in [0.1, 0.15) is 6.04 Å². The van der Waals surface area contributed by atoms with E-state index in [1.165, 1.54) is 4.31 Å². The Bertz CT molecular complexity index is 349. The first-order valence-corrected chi connectivity index (χ1v) is 7.41. The lowest BCUT2D eigenvalue weighted by Crippen LogP contribution is -2.49. The van der Waals surface area contributed by atoms with Crippen LogP contribution in [0, 0.1) is 0 Å². The van der Waals surface area contributed by atoms with E-state index in [1.807, 2.05) is 6.92 Å². The summed E-state index contributed by atoms with van der Waals surface area (Å²) in [6.45, 7) is 2.78. The second-order valence-electron chi connectivity index (χ2n) is 4.26. The molecule has 0 aromatic carbocycles. The Hall–Kier alpha value is -0.660. The molecule has 1 aliphatic rings. The molecular weight excluding hydrogens is 244 g/mol. The monoisotopic (exact) mass is 264 g/mol. The summed E-state index contributed by atoms with van der Waals surface area (Å²) in [5.74, 6) is -1.12. The average Bonchev–Trinajstić information content (AvgIpc) is 2.29. The van der Waals surface area contributed by atoms with Crippen molar-refractivity contribution in [1.29, 1.82) is 0 Å². The van der Waals surface area contributed by atoms with E-state index in [2.05, 4.69) is 4.72 Å². The van der Waals surface area contributed by atoms with Crippen LogP contribution in [0.1, 0.15) is 39.0 Å². The van der Waals surface area contributed by atoms with Gasteiger partial charge in [0.2, 0.25) is 0 Å². The molecular formula is C10H20N2O4S. The van der Waals surface area contributed by atoms with Crippen LogP contribution >= 0.6 is 0 Å². The zero-order valence-electron chi connectivity index (χ0n) is 10.1. The zero-order valence-corrected chi connectivity index (χ0v) is 10.9. The van der Waals surface area contributed by atoms with Crippen LogP contribution in [0.25, 0.3) is 0 Å². The molecule has 2 N–H and O–H groups in total. The fourth-order valence-electron chi connectivity index (χ4n) is 1.88. The van der Waals surface area contributed by atoms with Crippen LogP contribution < -0.4 is 4.72 Å². The molecule has 0 saturated carbocycles. The van der Waals surface area contributed by atoms with E-state index in [-0.39, 0.29) is 0 Å². The first-order chi connectivity index (χ1) is 7.97. The van der Waals surface area contributed by atoms with E-state index in [4.69, 9.17) is 5.11 Å². The van der Waals surface area contributed by atoms with Crippen molar-refractivity contribution in [3.05, 3.63) is 0 Å². The van der Waals surface area contributed by atoms with Gasteiger partial charge in [0.05, 0.1) is 0 Å². The molecule has 0 aromatic heterocycles. The van der Waals surface area contributed by atoms with Crippen molar-refractivity contribution < 1.29 is 18.3 Å². The smallest absolute Gasteiger partial charge is 0.321 e. The molecule has 1 unspecified atom stereocenters. The maximum atomic E-state index is 11.9. The van der Waals surface area contributed by atoms with Crippen LogP contribution in [0.3, 0.4) is 0 Å². The van der Waals surface area contributed by atoms with Gasteiger partial charge in [-0.1, -0.05) is 19.8 Å². The molecule has 1 rings (SSSR count). The van der Waals surface area contributed by atoms with Crippen molar-refractivity contribution in [1.82, 2.24) is 9.03 Å². The topological polar surface area (TPSA) is 86.7 Å². The molecule has 1 atom stereocenters. The Morgan fingerprint density at radius 1 is 1.35 bits per heavy atom. The van der Waals surface area contributed by atoms with Gasteiger partial charge < -0.3 is 5.11 Å². The Labute approximate surface area is 102 Å². The van der Waals surface area contributed by atoms with Gasteiger partial charge in [-0.05, 0) is 19.3 Å². The van der Waals surface area contributed by atoms with Crippen molar-refractivity contribution >= 4 is 16.2 Å². The molecule has 17 heavy (non-hydrogen) atoms. The van der Waals surface area contributed by atoms with Crippen LogP contribution in [-0.4, -0.2) is 42.9 Å². The summed E-state index contributed by atoms with van der Waals surface area (Å²) in [6, 6.07) is -1.02. The number of hydrogen-bond acceptors (Lipinski definition) is 3. The molecule has 0 radical (unpaired) electrons. The number of carboxylic acid groups (broad SMARTS) is 1. The van der Waals surface area contributed by atoms with E-state index in [1.54, 1.807) is 0 Å². The number of carboxylic acids is 1. The highest BCUT2D eigenvalue weighted by molar-refractivity contribution is 7.87. The first kappa shape index (κ1) is 14.4. The zero-order chi connectivity index (χ0) is 12.9. The van der Waals surface area contributed by atoms with Gasteiger partial charge in [0.15, 0.2) is 0 Å².